The van der Waals surface area contributed by atoms with Crippen molar-refractivity contribution in [2.45, 2.75) is 24.3 Å². The summed E-state index contributed by atoms with van der Waals surface area (Å²) in [6.45, 7) is 0. The largest absolute Gasteiger partial charge is 0.487 e. The molecule has 0 atom stereocenters. The van der Waals surface area contributed by atoms with E-state index in [1.165, 1.54) is 24.3 Å². The first-order valence-electron chi connectivity index (χ1n) is 10.4. The lowest BCUT2D eigenvalue weighted by Gasteiger charge is -2.12. The molecule has 2 aromatic carbocycles. The minimum Gasteiger partial charge on any atom is -0.420 e. The molecule has 2 heterocycles. The molecular formula is C24H19ClF2N4O2. The van der Waals surface area contributed by atoms with E-state index >= 15 is 0 Å². The molecule has 0 unspecified atom stereocenters. The number of pyridine rings is 1. The number of amides is 1. The van der Waals surface area contributed by atoms with Crippen LogP contribution in [0.25, 0.3) is 22.2 Å². The monoisotopic (exact) mass is 468 g/mol. The standard InChI is InChI=1S/C24H19ClF2N4O2/c1-31-21-19(15-3-2-10-28-13-15)11-16(12-20(21)30-22(31)14-4-5-14)23(32)29-17-6-8-18(9-7-17)33-24(25,26)27/h2-3,6-14H,4-5H2,1H3,(H,29,32). The third-order valence-corrected chi connectivity index (χ3v) is 5.60. The maximum atomic E-state index is 13.1. The lowest BCUT2D eigenvalue weighted by Crippen LogP contribution is -2.16. The van der Waals surface area contributed by atoms with Crippen LogP contribution in [0.3, 0.4) is 0 Å². The predicted molar refractivity (Wildman–Crippen MR) is 122 cm³/mol. The van der Waals surface area contributed by atoms with E-state index in [1.54, 1.807) is 18.5 Å². The SMILES string of the molecule is Cn1c(C2CC2)nc2cc(C(=O)Nc3ccc(OC(F)(F)Cl)cc3)cc(-c3cccnc3)c21. The zero-order valence-electron chi connectivity index (χ0n) is 17.6. The fourth-order valence-corrected chi connectivity index (χ4v) is 3.98. The van der Waals surface area contributed by atoms with Crippen molar-refractivity contribution >= 4 is 34.2 Å². The molecule has 6 nitrogen and oxygen atoms in total. The number of aromatic nitrogens is 3. The molecule has 0 bridgehead atoms. The Hall–Kier alpha value is -3.52. The summed E-state index contributed by atoms with van der Waals surface area (Å²) in [5.41, 5.74) is 0.475. The fraction of sp³-hybridized carbons (Fsp3) is 0.208. The van der Waals surface area contributed by atoms with Gasteiger partial charge in [-0.15, -0.1) is 8.78 Å². The third kappa shape index (κ3) is 4.52. The van der Waals surface area contributed by atoms with Crippen molar-refractivity contribution in [3.63, 3.8) is 0 Å². The Kier molecular flexibility index (Phi) is 5.25. The smallest absolute Gasteiger partial charge is 0.420 e. The van der Waals surface area contributed by atoms with E-state index in [0.29, 0.717) is 17.2 Å². The normalized spacial score (nSPS) is 13.8. The van der Waals surface area contributed by atoms with Crippen LogP contribution in [-0.4, -0.2) is 26.0 Å². The van der Waals surface area contributed by atoms with Crippen molar-refractivity contribution in [3.05, 3.63) is 72.3 Å². The van der Waals surface area contributed by atoms with Gasteiger partial charge in [-0.05, 0) is 55.3 Å². The first-order valence-corrected chi connectivity index (χ1v) is 10.7. The number of ether oxygens (including phenoxy) is 1. The molecule has 0 saturated heterocycles. The first kappa shape index (κ1) is 21.3. The second-order valence-electron chi connectivity index (χ2n) is 7.96. The van der Waals surface area contributed by atoms with E-state index in [9.17, 15) is 13.6 Å². The second-order valence-corrected chi connectivity index (χ2v) is 8.40. The number of nitrogens with one attached hydrogen (secondary N) is 1. The molecule has 0 aliphatic heterocycles. The van der Waals surface area contributed by atoms with Crippen LogP contribution in [0.2, 0.25) is 0 Å². The maximum absolute atomic E-state index is 13.1. The van der Waals surface area contributed by atoms with Gasteiger partial charge in [-0.2, -0.15) is 0 Å². The number of imidazole rings is 1. The summed E-state index contributed by atoms with van der Waals surface area (Å²) in [5.74, 6) is 0.994. The summed E-state index contributed by atoms with van der Waals surface area (Å²) in [4.78, 5) is 22.1. The number of alkyl halides is 3. The van der Waals surface area contributed by atoms with Gasteiger partial charge in [0, 0.05) is 59.3 Å². The average molecular weight is 469 g/mol. The van der Waals surface area contributed by atoms with Gasteiger partial charge >= 0.3 is 5.57 Å². The predicted octanol–water partition coefficient (Wildman–Crippen LogP) is 5.93. The van der Waals surface area contributed by atoms with Gasteiger partial charge in [0.05, 0.1) is 11.0 Å². The van der Waals surface area contributed by atoms with Crippen molar-refractivity contribution < 1.29 is 18.3 Å². The number of aryl methyl sites for hydroxylation is 1. The van der Waals surface area contributed by atoms with Crippen LogP contribution in [-0.2, 0) is 7.05 Å². The molecule has 1 aliphatic rings. The minimum atomic E-state index is -3.80. The van der Waals surface area contributed by atoms with Gasteiger partial charge < -0.3 is 14.6 Å². The zero-order valence-corrected chi connectivity index (χ0v) is 18.3. The van der Waals surface area contributed by atoms with Crippen molar-refractivity contribution in [3.8, 4) is 16.9 Å². The highest BCUT2D eigenvalue weighted by Crippen LogP contribution is 2.42. The summed E-state index contributed by atoms with van der Waals surface area (Å²) in [5, 5.41) is 2.78. The van der Waals surface area contributed by atoms with E-state index in [1.807, 2.05) is 25.2 Å². The summed E-state index contributed by atoms with van der Waals surface area (Å²) >= 11 is 4.78. The molecule has 1 N–H and O–H groups in total. The summed E-state index contributed by atoms with van der Waals surface area (Å²) in [7, 11) is 2.00. The van der Waals surface area contributed by atoms with Crippen molar-refractivity contribution in [1.29, 1.82) is 0 Å². The second kappa shape index (κ2) is 8.12. The Morgan fingerprint density at radius 2 is 1.97 bits per heavy atom. The van der Waals surface area contributed by atoms with Gasteiger partial charge in [-0.25, -0.2) is 4.98 Å². The topological polar surface area (TPSA) is 69.0 Å². The molecule has 1 saturated carbocycles. The number of hydrogen-bond donors (Lipinski definition) is 1. The molecule has 1 amide bonds. The summed E-state index contributed by atoms with van der Waals surface area (Å²) in [6, 6.07) is 12.9. The first-order chi connectivity index (χ1) is 15.8. The molecule has 0 radical (unpaired) electrons. The number of carbonyl (C=O) groups is 1. The number of carbonyl (C=O) groups excluding carboxylic acids is 1. The molecule has 9 heteroatoms. The third-order valence-electron chi connectivity index (χ3n) is 5.53. The van der Waals surface area contributed by atoms with E-state index in [4.69, 9.17) is 16.6 Å². The molecular weight excluding hydrogens is 450 g/mol. The highest BCUT2D eigenvalue weighted by atomic mass is 35.5. The van der Waals surface area contributed by atoms with Gasteiger partial charge in [0.2, 0.25) is 0 Å². The number of halogens is 3. The van der Waals surface area contributed by atoms with Crippen molar-refractivity contribution in [2.24, 2.45) is 7.05 Å². The number of benzene rings is 2. The van der Waals surface area contributed by atoms with E-state index in [0.717, 1.165) is 40.8 Å². The van der Waals surface area contributed by atoms with Crippen LogP contribution in [0.15, 0.2) is 60.9 Å². The van der Waals surface area contributed by atoms with Gasteiger partial charge in [-0.3, -0.25) is 9.78 Å². The van der Waals surface area contributed by atoms with E-state index < -0.39 is 5.57 Å². The van der Waals surface area contributed by atoms with Crippen LogP contribution >= 0.6 is 11.6 Å². The molecule has 2 aromatic heterocycles. The van der Waals surface area contributed by atoms with Gasteiger partial charge in [0.25, 0.3) is 5.91 Å². The van der Waals surface area contributed by atoms with Crippen molar-refractivity contribution in [2.75, 3.05) is 5.32 Å². The van der Waals surface area contributed by atoms with Crippen LogP contribution in [0, 0.1) is 0 Å². The van der Waals surface area contributed by atoms with Crippen LogP contribution in [0.4, 0.5) is 14.5 Å². The highest BCUT2D eigenvalue weighted by molar-refractivity contribution is 6.20. The number of fused-ring (bicyclic) bond motifs is 1. The van der Waals surface area contributed by atoms with Crippen LogP contribution < -0.4 is 10.1 Å². The number of nitrogens with zero attached hydrogens (tertiary/aromatic N) is 3. The Balaban J connectivity index is 1.49. The number of hydrogen-bond acceptors (Lipinski definition) is 4. The van der Waals surface area contributed by atoms with E-state index in [2.05, 4.69) is 19.6 Å². The average Bonchev–Trinajstić information content (AvgIpc) is 3.57. The summed E-state index contributed by atoms with van der Waals surface area (Å²) in [6.07, 6.45) is 5.68. The molecule has 1 fully saturated rings. The number of rotatable bonds is 6. The number of anilines is 1. The Labute approximate surface area is 193 Å². The highest BCUT2D eigenvalue weighted by Gasteiger charge is 2.30. The van der Waals surface area contributed by atoms with Gasteiger partial charge in [-0.1, -0.05) is 6.07 Å². The Morgan fingerprint density at radius 1 is 1.21 bits per heavy atom. The van der Waals surface area contributed by atoms with Crippen LogP contribution in [0.5, 0.6) is 5.75 Å². The minimum absolute atomic E-state index is 0.116. The fourth-order valence-electron chi connectivity index (χ4n) is 3.89. The van der Waals surface area contributed by atoms with Gasteiger partial charge in [0.15, 0.2) is 0 Å². The Bertz CT molecular complexity index is 1330. The van der Waals surface area contributed by atoms with Crippen molar-refractivity contribution in [1.82, 2.24) is 14.5 Å². The molecule has 0 spiro atoms. The van der Waals surface area contributed by atoms with Crippen LogP contribution in [0.1, 0.15) is 34.9 Å². The van der Waals surface area contributed by atoms with E-state index in [-0.39, 0.29) is 11.7 Å². The van der Waals surface area contributed by atoms with Gasteiger partial charge in [0.1, 0.15) is 11.6 Å². The lowest BCUT2D eigenvalue weighted by atomic mass is 10.0. The summed E-state index contributed by atoms with van der Waals surface area (Å²) < 4.78 is 32.0. The molecule has 5 rings (SSSR count). The quantitative estimate of drug-likeness (QED) is 0.356. The molecule has 33 heavy (non-hydrogen) atoms. The zero-order chi connectivity index (χ0) is 23.2. The maximum Gasteiger partial charge on any atom is 0.487 e. The Morgan fingerprint density at radius 3 is 2.61 bits per heavy atom. The molecule has 1 aliphatic carbocycles. The molecule has 4 aromatic rings. The lowest BCUT2D eigenvalue weighted by molar-refractivity contribution is -0.0964. The molecule has 168 valence electrons.